The molecular weight excluding hydrogens is 829 g/mol. The number of hydrogen-bond acceptors (Lipinski definition) is 10. The molecule has 9 rings (SSSR count). The van der Waals surface area contributed by atoms with Crippen LogP contribution in [0.15, 0.2) is 79.0 Å². The molecular formula is C49H54N8O8. The number of H-pyrrole nitrogens is 2. The number of ether oxygens (including phenoxy) is 4. The number of benzene rings is 4. The van der Waals surface area contributed by atoms with Gasteiger partial charge in [-0.05, 0) is 84.0 Å². The van der Waals surface area contributed by atoms with E-state index in [-0.39, 0.29) is 41.8 Å². The summed E-state index contributed by atoms with van der Waals surface area (Å²) in [7, 11) is 4.22. The molecule has 6 aromatic rings. The van der Waals surface area contributed by atoms with Crippen LogP contribution in [-0.4, -0.2) is 100 Å². The quantitative estimate of drug-likeness (QED) is 0.100. The number of likely N-dealkylation sites (tertiary alicyclic amines) is 2. The van der Waals surface area contributed by atoms with E-state index in [1.165, 1.54) is 14.2 Å². The van der Waals surface area contributed by atoms with Gasteiger partial charge in [-0.25, -0.2) is 19.6 Å². The zero-order valence-electron chi connectivity index (χ0n) is 37.3. The zero-order valence-corrected chi connectivity index (χ0v) is 37.3. The van der Waals surface area contributed by atoms with Gasteiger partial charge in [-0.3, -0.25) is 9.59 Å². The van der Waals surface area contributed by atoms with Gasteiger partial charge in [-0.1, -0.05) is 62.4 Å². The Balaban J connectivity index is 0.974. The molecule has 0 aliphatic carbocycles. The van der Waals surface area contributed by atoms with Crippen molar-refractivity contribution in [3.63, 3.8) is 0 Å². The van der Waals surface area contributed by atoms with Crippen molar-refractivity contribution < 1.29 is 38.1 Å². The fourth-order valence-corrected chi connectivity index (χ4v) is 9.83. The van der Waals surface area contributed by atoms with Gasteiger partial charge in [0, 0.05) is 36.6 Å². The van der Waals surface area contributed by atoms with Crippen LogP contribution in [0.1, 0.15) is 80.9 Å². The topological polar surface area (TPSA) is 193 Å². The Labute approximate surface area is 376 Å². The highest BCUT2D eigenvalue weighted by molar-refractivity contribution is 6.07. The summed E-state index contributed by atoms with van der Waals surface area (Å²) < 4.78 is 21.7. The minimum absolute atomic E-state index is 0.0342. The van der Waals surface area contributed by atoms with Gasteiger partial charge in [0.15, 0.2) is 0 Å². The SMILES string of the molecule is COC[C@H]1C[C@@H](c2ncc(-c3ccc4c(c3)COc3cc5c(ccc6nc(C7CC[C@H](C)N7C(=O)[C@@H](NC(=O)OC)C(C)C)[nH]c65)cc3-4)[nH]2)N(C(=O)[C@@H](NC(=O)OC)c2ccccc2)C1. The van der Waals surface area contributed by atoms with Crippen LogP contribution in [0.5, 0.6) is 5.75 Å². The Morgan fingerprint density at radius 3 is 2.40 bits per heavy atom. The second-order valence-electron chi connectivity index (χ2n) is 17.6. The Bertz CT molecular complexity index is 2770. The van der Waals surface area contributed by atoms with Gasteiger partial charge in [0.25, 0.3) is 5.91 Å². The molecule has 65 heavy (non-hydrogen) atoms. The van der Waals surface area contributed by atoms with E-state index in [0.717, 1.165) is 68.3 Å². The molecule has 2 fully saturated rings. The van der Waals surface area contributed by atoms with Crippen molar-refractivity contribution >= 4 is 45.8 Å². The first-order valence-corrected chi connectivity index (χ1v) is 22.1. The first kappa shape index (κ1) is 43.3. The Kier molecular flexibility index (Phi) is 11.9. The van der Waals surface area contributed by atoms with E-state index in [1.807, 2.05) is 62.1 Å². The Hall–Kier alpha value is -6.94. The smallest absolute Gasteiger partial charge is 0.407 e. The monoisotopic (exact) mass is 882 g/mol. The number of rotatable bonds is 11. The lowest BCUT2D eigenvalue weighted by atomic mass is 9.92. The normalized spacial score (nSPS) is 20.0. The van der Waals surface area contributed by atoms with Crippen LogP contribution in [0.3, 0.4) is 0 Å². The van der Waals surface area contributed by atoms with Crippen molar-refractivity contribution in [2.75, 3.05) is 34.5 Å². The number of methoxy groups -OCH3 is 3. The molecule has 0 spiro atoms. The lowest BCUT2D eigenvalue weighted by Crippen LogP contribution is -2.52. The highest BCUT2D eigenvalue weighted by Gasteiger charge is 2.43. The molecule has 16 heteroatoms. The average Bonchev–Trinajstić information content (AvgIpc) is 4.15. The van der Waals surface area contributed by atoms with E-state index in [4.69, 9.17) is 28.9 Å². The summed E-state index contributed by atoms with van der Waals surface area (Å²) in [6.45, 7) is 7.12. The van der Waals surface area contributed by atoms with Crippen molar-refractivity contribution in [2.24, 2.45) is 11.8 Å². The molecule has 0 saturated carbocycles. The molecule has 4 amide bonds. The van der Waals surface area contributed by atoms with Gasteiger partial charge in [-0.2, -0.15) is 0 Å². The van der Waals surface area contributed by atoms with E-state index in [0.29, 0.717) is 43.4 Å². The largest absolute Gasteiger partial charge is 0.488 e. The minimum Gasteiger partial charge on any atom is -0.488 e. The minimum atomic E-state index is -0.948. The fraction of sp³-hybridized carbons (Fsp3) is 0.388. The molecule has 5 heterocycles. The lowest BCUT2D eigenvalue weighted by molar-refractivity contribution is -0.137. The summed E-state index contributed by atoms with van der Waals surface area (Å²) in [6.07, 6.45) is 2.64. The number of aromatic amines is 2. The van der Waals surface area contributed by atoms with E-state index in [1.54, 1.807) is 18.2 Å². The summed E-state index contributed by atoms with van der Waals surface area (Å²) in [6, 6.07) is 21.3. The van der Waals surface area contributed by atoms with Gasteiger partial charge < -0.3 is 49.3 Å². The number of hydrogen-bond donors (Lipinski definition) is 4. The Morgan fingerprint density at radius 1 is 0.862 bits per heavy atom. The van der Waals surface area contributed by atoms with Gasteiger partial charge in [-0.15, -0.1) is 0 Å². The second kappa shape index (κ2) is 17.9. The molecule has 4 aromatic carbocycles. The standard InChI is InChI=1S/C49H54N8O8/c1-26(2)41(54-48(60)63-5)47(59)57-27(3)12-17-38(57)45-51-36-16-14-30-20-35-33-15-13-31(19-32(33)25-65-40(35)21-34(30)43(36)53-45)37-22-50-44(52-37)39-18-28(24-62-4)23-56(39)46(58)42(55-49(61)64-6)29-10-8-7-9-11-29/h7-11,13-16,19-22,26-28,38-39,41-42H,12,17-18,23-25H2,1-6H3,(H,50,52)(H,51,53)(H,54,60)(H,55,61)/t27-,28-,38?,39-,41-,42-/m0/s1. The van der Waals surface area contributed by atoms with Crippen molar-refractivity contribution in [1.29, 1.82) is 0 Å². The van der Waals surface area contributed by atoms with E-state index < -0.39 is 24.3 Å². The number of aromatic nitrogens is 4. The summed E-state index contributed by atoms with van der Waals surface area (Å²) in [5, 5.41) is 7.45. The van der Waals surface area contributed by atoms with Crippen LogP contribution in [-0.2, 0) is 30.4 Å². The van der Waals surface area contributed by atoms with Crippen molar-refractivity contribution in [2.45, 2.75) is 76.8 Å². The predicted octanol–water partition coefficient (Wildman–Crippen LogP) is 7.73. The third-order valence-electron chi connectivity index (χ3n) is 13.1. The van der Waals surface area contributed by atoms with Gasteiger partial charge in [0.05, 0.1) is 55.8 Å². The van der Waals surface area contributed by atoms with Gasteiger partial charge in [0.2, 0.25) is 5.91 Å². The molecule has 3 aliphatic heterocycles. The third-order valence-corrected chi connectivity index (χ3v) is 13.1. The number of nitrogens with one attached hydrogen (secondary N) is 4. The third kappa shape index (κ3) is 8.22. The molecule has 16 nitrogen and oxygen atoms in total. The maximum absolute atomic E-state index is 14.3. The molecule has 3 aliphatic rings. The summed E-state index contributed by atoms with van der Waals surface area (Å²) in [5.74, 6) is 1.62. The van der Waals surface area contributed by atoms with E-state index >= 15 is 0 Å². The van der Waals surface area contributed by atoms with E-state index in [9.17, 15) is 19.2 Å². The number of nitrogens with zero attached hydrogens (tertiary/aromatic N) is 4. The molecule has 1 unspecified atom stereocenters. The van der Waals surface area contributed by atoms with Crippen LogP contribution in [0.4, 0.5) is 9.59 Å². The highest BCUT2D eigenvalue weighted by atomic mass is 16.5. The average molecular weight is 883 g/mol. The molecule has 0 bridgehead atoms. The first-order chi connectivity index (χ1) is 31.5. The molecule has 2 aromatic heterocycles. The maximum atomic E-state index is 14.3. The lowest BCUT2D eigenvalue weighted by Gasteiger charge is -2.32. The number of amides is 4. The zero-order chi connectivity index (χ0) is 45.5. The number of imidazole rings is 2. The summed E-state index contributed by atoms with van der Waals surface area (Å²) in [5.41, 5.74) is 7.10. The molecule has 2 saturated heterocycles. The summed E-state index contributed by atoms with van der Waals surface area (Å²) in [4.78, 5) is 73.5. The highest BCUT2D eigenvalue weighted by Crippen LogP contribution is 2.44. The fourth-order valence-electron chi connectivity index (χ4n) is 9.83. The second-order valence-corrected chi connectivity index (χ2v) is 17.6. The summed E-state index contributed by atoms with van der Waals surface area (Å²) >= 11 is 0. The van der Waals surface area contributed by atoms with Crippen molar-refractivity contribution in [1.82, 2.24) is 40.4 Å². The van der Waals surface area contributed by atoms with Crippen LogP contribution >= 0.6 is 0 Å². The number of carbonyl (C=O) groups is 4. The molecule has 6 atom stereocenters. The predicted molar refractivity (Wildman–Crippen MR) is 243 cm³/mol. The van der Waals surface area contributed by atoms with Crippen molar-refractivity contribution in [3.05, 3.63) is 102 Å². The molecule has 4 N–H and O–H groups in total. The molecule has 338 valence electrons. The number of alkyl carbamates (subject to hydrolysis) is 2. The number of carbonyl (C=O) groups excluding carboxylic acids is 4. The van der Waals surface area contributed by atoms with Crippen LogP contribution in [0, 0.1) is 11.8 Å². The van der Waals surface area contributed by atoms with Crippen LogP contribution in [0.25, 0.3) is 44.2 Å². The molecule has 0 radical (unpaired) electrons. The van der Waals surface area contributed by atoms with Crippen molar-refractivity contribution in [3.8, 4) is 28.1 Å². The van der Waals surface area contributed by atoms with Gasteiger partial charge in [0.1, 0.15) is 36.1 Å². The van der Waals surface area contributed by atoms with Crippen LogP contribution in [0.2, 0.25) is 0 Å². The van der Waals surface area contributed by atoms with E-state index in [2.05, 4.69) is 57.0 Å². The first-order valence-electron chi connectivity index (χ1n) is 22.1. The number of fused-ring (bicyclic) bond motifs is 6. The maximum Gasteiger partial charge on any atom is 0.407 e. The van der Waals surface area contributed by atoms with Gasteiger partial charge >= 0.3 is 12.2 Å². The van der Waals surface area contributed by atoms with Crippen LogP contribution < -0.4 is 15.4 Å². The Morgan fingerprint density at radius 2 is 1.65 bits per heavy atom.